The van der Waals surface area contributed by atoms with Crippen molar-refractivity contribution in [2.45, 2.75) is 51.0 Å². The lowest BCUT2D eigenvalue weighted by Gasteiger charge is -2.38. The van der Waals surface area contributed by atoms with E-state index in [1.807, 2.05) is 19.9 Å². The van der Waals surface area contributed by atoms with Gasteiger partial charge in [-0.25, -0.2) is 0 Å². The van der Waals surface area contributed by atoms with Gasteiger partial charge in [0.05, 0.1) is 12.7 Å². The van der Waals surface area contributed by atoms with Gasteiger partial charge in [-0.05, 0) is 44.5 Å². The molecule has 0 spiro atoms. The van der Waals surface area contributed by atoms with Crippen molar-refractivity contribution in [3.8, 4) is 28.6 Å². The van der Waals surface area contributed by atoms with Gasteiger partial charge in [0, 0.05) is 17.2 Å². The summed E-state index contributed by atoms with van der Waals surface area (Å²) < 4.78 is 16.7. The fourth-order valence-corrected chi connectivity index (χ4v) is 4.22. The molecule has 1 aliphatic rings. The summed E-state index contributed by atoms with van der Waals surface area (Å²) in [7, 11) is 1.48. The first-order valence-electron chi connectivity index (χ1n) is 11.2. The van der Waals surface area contributed by atoms with Crippen molar-refractivity contribution >= 4 is 11.0 Å². The number of rotatable bonds is 5. The third-order valence-electron chi connectivity index (χ3n) is 6.20. The van der Waals surface area contributed by atoms with E-state index in [0.717, 1.165) is 11.6 Å². The number of phenolic OH excluding ortho intramolecular Hbond substituents is 2. The van der Waals surface area contributed by atoms with E-state index in [0.29, 0.717) is 11.3 Å². The Labute approximate surface area is 205 Å². The molecule has 0 amide bonds. The van der Waals surface area contributed by atoms with Gasteiger partial charge in [-0.3, -0.25) is 4.79 Å². The van der Waals surface area contributed by atoms with E-state index in [1.54, 1.807) is 24.3 Å². The van der Waals surface area contributed by atoms with Gasteiger partial charge in [0.15, 0.2) is 6.29 Å². The van der Waals surface area contributed by atoms with E-state index in [9.17, 15) is 35.4 Å². The molecule has 0 saturated carbocycles. The summed E-state index contributed by atoms with van der Waals surface area (Å²) in [6, 6.07) is 7.41. The lowest BCUT2D eigenvalue weighted by Crippen LogP contribution is -2.54. The van der Waals surface area contributed by atoms with Crippen LogP contribution in [0.4, 0.5) is 0 Å². The Morgan fingerprint density at radius 2 is 1.67 bits per heavy atom. The van der Waals surface area contributed by atoms with E-state index < -0.39 is 41.9 Å². The normalized spacial score (nSPS) is 24.0. The van der Waals surface area contributed by atoms with Crippen LogP contribution in [0.3, 0.4) is 0 Å². The zero-order chi connectivity index (χ0) is 26.3. The van der Waals surface area contributed by atoms with Gasteiger partial charge in [0.1, 0.15) is 58.4 Å². The quantitative estimate of drug-likeness (QED) is 0.284. The monoisotopic (exact) mass is 500 g/mol. The van der Waals surface area contributed by atoms with Crippen molar-refractivity contribution in [2.75, 3.05) is 7.11 Å². The van der Waals surface area contributed by atoms with Crippen LogP contribution in [0.5, 0.6) is 17.2 Å². The van der Waals surface area contributed by atoms with Crippen molar-refractivity contribution < 1.29 is 44.5 Å². The first-order valence-corrected chi connectivity index (χ1v) is 11.2. The molecule has 36 heavy (non-hydrogen) atoms. The number of aliphatic hydroxyl groups is 4. The standard InChI is InChI=1S/C26H28O10/c1-11(2)4-9-14-15(27)10-16(28)17-19(29)18(25-21(31)20(30)22(32)26(33)36-25)23(35-24(14)17)12-5-7-13(34-3)8-6-12/h4-8,10,20-22,25-28,30-33H,9H2,1-3H3/t20-,21-,22-,25+,26-/m0/s1. The topological polar surface area (TPSA) is 170 Å². The van der Waals surface area contributed by atoms with Gasteiger partial charge in [-0.1, -0.05) is 11.6 Å². The van der Waals surface area contributed by atoms with E-state index >= 15 is 0 Å². The molecule has 0 aliphatic carbocycles. The molecule has 0 bridgehead atoms. The zero-order valence-electron chi connectivity index (χ0n) is 19.9. The molecule has 0 radical (unpaired) electrons. The Balaban J connectivity index is 2.07. The van der Waals surface area contributed by atoms with E-state index in [1.165, 1.54) is 7.11 Å². The summed E-state index contributed by atoms with van der Waals surface area (Å²) in [5.41, 5.74) is 0.383. The Kier molecular flexibility index (Phi) is 7.07. The predicted molar refractivity (Wildman–Crippen MR) is 129 cm³/mol. The van der Waals surface area contributed by atoms with Crippen LogP contribution in [-0.4, -0.2) is 62.4 Å². The molecule has 5 atom stereocenters. The van der Waals surface area contributed by atoms with Gasteiger partial charge >= 0.3 is 0 Å². The fourth-order valence-electron chi connectivity index (χ4n) is 4.22. The van der Waals surface area contributed by atoms with Crippen LogP contribution in [0.2, 0.25) is 0 Å². The van der Waals surface area contributed by atoms with Crippen LogP contribution in [0.25, 0.3) is 22.3 Å². The molecule has 2 aromatic carbocycles. The van der Waals surface area contributed by atoms with Crippen molar-refractivity contribution in [1.29, 1.82) is 0 Å². The van der Waals surface area contributed by atoms with E-state index in [-0.39, 0.29) is 40.0 Å². The highest BCUT2D eigenvalue weighted by Gasteiger charge is 2.46. The Morgan fingerprint density at radius 3 is 2.28 bits per heavy atom. The van der Waals surface area contributed by atoms with E-state index in [2.05, 4.69) is 0 Å². The number of hydrogen-bond acceptors (Lipinski definition) is 10. The summed E-state index contributed by atoms with van der Waals surface area (Å²) in [4.78, 5) is 13.8. The second-order valence-electron chi connectivity index (χ2n) is 8.90. The number of aliphatic hydroxyl groups excluding tert-OH is 4. The first kappa shape index (κ1) is 25.7. The predicted octanol–water partition coefficient (Wildman–Crippen LogP) is 1.86. The third-order valence-corrected chi connectivity index (χ3v) is 6.20. The maximum Gasteiger partial charge on any atom is 0.203 e. The molecule has 192 valence electrons. The molecule has 4 rings (SSSR count). The second kappa shape index (κ2) is 9.92. The van der Waals surface area contributed by atoms with Crippen molar-refractivity contribution in [3.63, 3.8) is 0 Å². The molecular weight excluding hydrogens is 472 g/mol. The summed E-state index contributed by atoms with van der Waals surface area (Å²) in [6.07, 6.45) is -6.98. The highest BCUT2D eigenvalue weighted by molar-refractivity contribution is 5.90. The summed E-state index contributed by atoms with van der Waals surface area (Å²) in [6.45, 7) is 3.73. The number of allylic oxidation sites excluding steroid dienone is 2. The molecule has 2 heterocycles. The smallest absolute Gasteiger partial charge is 0.203 e. The maximum atomic E-state index is 13.8. The first-order chi connectivity index (χ1) is 17.0. The lowest BCUT2D eigenvalue weighted by molar-refractivity contribution is -0.284. The molecule has 6 N–H and O–H groups in total. The van der Waals surface area contributed by atoms with Gasteiger partial charge < -0.3 is 44.5 Å². The van der Waals surface area contributed by atoms with Crippen LogP contribution < -0.4 is 10.2 Å². The Bertz CT molecular complexity index is 1350. The van der Waals surface area contributed by atoms with Crippen molar-refractivity contribution in [1.82, 2.24) is 0 Å². The molecule has 1 fully saturated rings. The average Bonchev–Trinajstić information content (AvgIpc) is 2.84. The molecule has 3 aromatic rings. The largest absolute Gasteiger partial charge is 0.507 e. The van der Waals surface area contributed by atoms with Gasteiger partial charge in [-0.15, -0.1) is 0 Å². The molecule has 0 unspecified atom stereocenters. The average molecular weight is 501 g/mol. The number of benzene rings is 2. The molecule has 1 aliphatic heterocycles. The maximum absolute atomic E-state index is 13.8. The highest BCUT2D eigenvalue weighted by atomic mass is 16.6. The number of ether oxygens (including phenoxy) is 2. The van der Waals surface area contributed by atoms with Crippen LogP contribution in [0.1, 0.15) is 31.1 Å². The van der Waals surface area contributed by atoms with Crippen LogP contribution >= 0.6 is 0 Å². The number of aromatic hydroxyl groups is 2. The SMILES string of the molecule is COc1ccc(-c2oc3c(CC=C(C)C)c(O)cc(O)c3c(=O)c2[C@H]2O[C@H](O)[C@@H](O)[C@@H](O)[C@@H]2O)cc1. The molecule has 10 nitrogen and oxygen atoms in total. The number of fused-ring (bicyclic) bond motifs is 1. The minimum Gasteiger partial charge on any atom is -0.507 e. The fraction of sp³-hybridized carbons (Fsp3) is 0.346. The Morgan fingerprint density at radius 1 is 1.00 bits per heavy atom. The number of phenols is 2. The Hall–Kier alpha value is -3.41. The highest BCUT2D eigenvalue weighted by Crippen LogP contribution is 2.41. The lowest BCUT2D eigenvalue weighted by atomic mass is 9.90. The zero-order valence-corrected chi connectivity index (χ0v) is 19.9. The van der Waals surface area contributed by atoms with Crippen molar-refractivity contribution in [3.05, 3.63) is 63.3 Å². The molecule has 10 heteroatoms. The number of hydrogen-bond donors (Lipinski definition) is 6. The molecule has 1 saturated heterocycles. The minimum absolute atomic E-state index is 0.0731. The van der Waals surface area contributed by atoms with Gasteiger partial charge in [0.25, 0.3) is 0 Å². The minimum atomic E-state index is -1.91. The summed E-state index contributed by atoms with van der Waals surface area (Å²) >= 11 is 0. The van der Waals surface area contributed by atoms with Gasteiger partial charge in [0.2, 0.25) is 5.43 Å². The molecule has 1 aromatic heterocycles. The van der Waals surface area contributed by atoms with Crippen LogP contribution in [-0.2, 0) is 11.2 Å². The molecular formula is C26H28O10. The second-order valence-corrected chi connectivity index (χ2v) is 8.90. The summed E-state index contributed by atoms with van der Waals surface area (Å²) in [5, 5.41) is 61.8. The number of methoxy groups -OCH3 is 1. The summed E-state index contributed by atoms with van der Waals surface area (Å²) in [5.74, 6) is -0.410. The van der Waals surface area contributed by atoms with Crippen LogP contribution in [0.15, 0.2) is 51.2 Å². The third kappa shape index (κ3) is 4.45. The van der Waals surface area contributed by atoms with Crippen molar-refractivity contribution in [2.24, 2.45) is 0 Å². The van der Waals surface area contributed by atoms with Gasteiger partial charge in [-0.2, -0.15) is 0 Å². The van der Waals surface area contributed by atoms with E-state index in [4.69, 9.17) is 13.9 Å². The van der Waals surface area contributed by atoms with Crippen LogP contribution in [0, 0.1) is 0 Å².